The van der Waals surface area contributed by atoms with Gasteiger partial charge in [-0.3, -0.25) is 5.43 Å². The molecule has 0 bridgehead atoms. The monoisotopic (exact) mass is 172 g/mol. The highest BCUT2D eigenvalue weighted by molar-refractivity contribution is 5.79. The van der Waals surface area contributed by atoms with E-state index in [0.717, 1.165) is 5.96 Å². The number of guanidine groups is 1. The number of rotatable bonds is 2. The lowest BCUT2D eigenvalue weighted by Gasteiger charge is -2.25. The molecule has 0 radical (unpaired) electrons. The summed E-state index contributed by atoms with van der Waals surface area (Å²) < 4.78 is 0. The Hall–Kier alpha value is -0.770. The van der Waals surface area contributed by atoms with Gasteiger partial charge >= 0.3 is 0 Å². The molecule has 0 aliphatic carbocycles. The second kappa shape index (κ2) is 4.98. The van der Waals surface area contributed by atoms with E-state index in [0.29, 0.717) is 6.04 Å². The van der Waals surface area contributed by atoms with Crippen LogP contribution in [0.3, 0.4) is 0 Å². The van der Waals surface area contributed by atoms with Crippen LogP contribution in [-0.2, 0) is 0 Å². The first kappa shape index (κ1) is 11.2. The molecule has 0 aromatic heterocycles. The van der Waals surface area contributed by atoms with Crippen molar-refractivity contribution in [3.8, 4) is 0 Å². The van der Waals surface area contributed by atoms with Crippen molar-refractivity contribution >= 4 is 5.96 Å². The molecular formula is C8H20N4. The van der Waals surface area contributed by atoms with Crippen LogP contribution in [-0.4, -0.2) is 30.0 Å². The summed E-state index contributed by atoms with van der Waals surface area (Å²) >= 11 is 0. The van der Waals surface area contributed by atoms with Crippen LogP contribution in [0.2, 0.25) is 0 Å². The number of nitrogens with zero attached hydrogens (tertiary/aromatic N) is 2. The van der Waals surface area contributed by atoms with Gasteiger partial charge in [0, 0.05) is 19.1 Å². The zero-order valence-electron chi connectivity index (χ0n) is 8.63. The van der Waals surface area contributed by atoms with Gasteiger partial charge in [-0.25, -0.2) is 10.8 Å². The van der Waals surface area contributed by atoms with Gasteiger partial charge in [-0.2, -0.15) is 0 Å². The predicted octanol–water partition coefficient (Wildman–Crippen LogP) is 0.554. The van der Waals surface area contributed by atoms with Gasteiger partial charge in [0.1, 0.15) is 0 Å². The molecule has 0 spiro atoms. The van der Waals surface area contributed by atoms with E-state index in [9.17, 15) is 0 Å². The van der Waals surface area contributed by atoms with Crippen molar-refractivity contribution in [3.05, 3.63) is 0 Å². The number of hydrogen-bond donors (Lipinski definition) is 2. The number of aliphatic imine (C=N–C) groups is 1. The third-order valence-electron chi connectivity index (χ3n) is 1.62. The Morgan fingerprint density at radius 1 is 1.33 bits per heavy atom. The smallest absolute Gasteiger partial charge is 0.208 e. The number of hydrazine groups is 1. The number of nitrogens with one attached hydrogen (secondary N) is 1. The molecule has 0 unspecified atom stereocenters. The average Bonchev–Trinajstić information content (AvgIpc) is 1.98. The molecule has 12 heavy (non-hydrogen) atoms. The Labute approximate surface area is 74.8 Å². The molecule has 0 atom stereocenters. The normalized spacial score (nSPS) is 12.5. The van der Waals surface area contributed by atoms with Crippen molar-refractivity contribution in [1.29, 1.82) is 0 Å². The van der Waals surface area contributed by atoms with Crippen LogP contribution in [0.1, 0.15) is 27.7 Å². The molecule has 0 aromatic rings. The third-order valence-corrected chi connectivity index (χ3v) is 1.62. The van der Waals surface area contributed by atoms with Gasteiger partial charge in [-0.15, -0.1) is 0 Å². The zero-order chi connectivity index (χ0) is 9.72. The molecule has 0 rings (SSSR count). The summed E-state index contributed by atoms with van der Waals surface area (Å²) in [7, 11) is 1.96. The highest BCUT2D eigenvalue weighted by atomic mass is 15.4. The summed E-state index contributed by atoms with van der Waals surface area (Å²) in [6.07, 6.45) is 0. The first-order valence-electron chi connectivity index (χ1n) is 4.26. The summed E-state index contributed by atoms with van der Waals surface area (Å²) in [5.74, 6) is 6.07. The molecule has 0 aromatic carbocycles. The lowest BCUT2D eigenvalue weighted by molar-refractivity contribution is 0.399. The highest BCUT2D eigenvalue weighted by Crippen LogP contribution is 1.96. The molecule has 4 nitrogen and oxygen atoms in total. The minimum Gasteiger partial charge on any atom is -0.343 e. The Kier molecular flexibility index (Phi) is 4.66. The second-order valence-electron chi connectivity index (χ2n) is 3.40. The van der Waals surface area contributed by atoms with Gasteiger partial charge in [-0.1, -0.05) is 0 Å². The Bertz CT molecular complexity index is 151. The fourth-order valence-electron chi connectivity index (χ4n) is 0.719. The van der Waals surface area contributed by atoms with Crippen LogP contribution in [0, 0.1) is 0 Å². The van der Waals surface area contributed by atoms with Crippen molar-refractivity contribution in [2.75, 3.05) is 7.05 Å². The first-order chi connectivity index (χ1) is 5.49. The lowest BCUT2D eigenvalue weighted by Crippen LogP contribution is -2.46. The van der Waals surface area contributed by atoms with Gasteiger partial charge in [0.05, 0.1) is 0 Å². The fourth-order valence-corrected chi connectivity index (χ4v) is 0.719. The third kappa shape index (κ3) is 3.57. The number of hydrogen-bond acceptors (Lipinski definition) is 2. The lowest BCUT2D eigenvalue weighted by atomic mass is 10.3. The van der Waals surface area contributed by atoms with E-state index < -0.39 is 0 Å². The van der Waals surface area contributed by atoms with Gasteiger partial charge in [0.2, 0.25) is 5.96 Å². The van der Waals surface area contributed by atoms with Gasteiger partial charge < -0.3 is 4.90 Å². The van der Waals surface area contributed by atoms with Gasteiger partial charge in [0.15, 0.2) is 0 Å². The molecule has 72 valence electrons. The van der Waals surface area contributed by atoms with Gasteiger partial charge in [-0.05, 0) is 27.7 Å². The predicted molar refractivity (Wildman–Crippen MR) is 52.8 cm³/mol. The molecule has 0 heterocycles. The maximum Gasteiger partial charge on any atom is 0.208 e. The summed E-state index contributed by atoms with van der Waals surface area (Å²) in [6, 6.07) is 0.663. The molecule has 0 amide bonds. The van der Waals surface area contributed by atoms with Crippen LogP contribution >= 0.6 is 0 Å². The van der Waals surface area contributed by atoms with E-state index in [2.05, 4.69) is 24.3 Å². The minimum atomic E-state index is 0.261. The molecule has 0 aliphatic rings. The van der Waals surface area contributed by atoms with Crippen molar-refractivity contribution < 1.29 is 0 Å². The molecule has 4 heteroatoms. The van der Waals surface area contributed by atoms with E-state index >= 15 is 0 Å². The average molecular weight is 172 g/mol. The summed E-state index contributed by atoms with van der Waals surface area (Å²) in [4.78, 5) is 6.32. The molecule has 3 N–H and O–H groups in total. The van der Waals surface area contributed by atoms with E-state index in [4.69, 9.17) is 5.84 Å². The standard InChI is InChI=1S/C8H20N4/c1-6(2)10-8(11-9)12(5)7(3)4/h6-7H,9H2,1-5H3,(H,10,11). The highest BCUT2D eigenvalue weighted by Gasteiger charge is 2.08. The zero-order valence-corrected chi connectivity index (χ0v) is 8.63. The topological polar surface area (TPSA) is 53.6 Å². The molecular weight excluding hydrogens is 152 g/mol. The maximum atomic E-state index is 5.34. The SMILES string of the molecule is CC(C)N=C(NN)N(C)C(C)C. The van der Waals surface area contributed by atoms with E-state index in [1.54, 1.807) is 0 Å². The largest absolute Gasteiger partial charge is 0.343 e. The first-order valence-corrected chi connectivity index (χ1v) is 4.26. The fraction of sp³-hybridized carbons (Fsp3) is 0.875. The van der Waals surface area contributed by atoms with E-state index in [1.165, 1.54) is 0 Å². The van der Waals surface area contributed by atoms with Crippen molar-refractivity contribution in [3.63, 3.8) is 0 Å². The molecule has 0 saturated heterocycles. The van der Waals surface area contributed by atoms with Crippen molar-refractivity contribution in [2.24, 2.45) is 10.8 Å². The van der Waals surface area contributed by atoms with Crippen molar-refractivity contribution in [2.45, 2.75) is 39.8 Å². The second-order valence-corrected chi connectivity index (χ2v) is 3.40. The minimum absolute atomic E-state index is 0.261. The summed E-state index contributed by atoms with van der Waals surface area (Å²) in [5, 5.41) is 0. The Balaban J connectivity index is 4.33. The van der Waals surface area contributed by atoms with Crippen LogP contribution < -0.4 is 11.3 Å². The quantitative estimate of drug-likeness (QED) is 0.277. The van der Waals surface area contributed by atoms with Crippen LogP contribution in [0.5, 0.6) is 0 Å². The van der Waals surface area contributed by atoms with Crippen molar-refractivity contribution in [1.82, 2.24) is 10.3 Å². The molecule has 0 saturated carbocycles. The maximum absolute atomic E-state index is 5.34. The number of nitrogens with two attached hydrogens (primary N) is 1. The van der Waals surface area contributed by atoms with Crippen LogP contribution in [0.25, 0.3) is 0 Å². The Morgan fingerprint density at radius 2 is 1.83 bits per heavy atom. The molecule has 0 aliphatic heterocycles. The Morgan fingerprint density at radius 3 is 2.08 bits per heavy atom. The van der Waals surface area contributed by atoms with E-state index in [1.807, 2.05) is 25.8 Å². The summed E-state index contributed by atoms with van der Waals surface area (Å²) in [6.45, 7) is 8.22. The van der Waals surface area contributed by atoms with Crippen LogP contribution in [0.4, 0.5) is 0 Å². The molecule has 0 fully saturated rings. The van der Waals surface area contributed by atoms with E-state index in [-0.39, 0.29) is 6.04 Å². The van der Waals surface area contributed by atoms with Crippen LogP contribution in [0.15, 0.2) is 4.99 Å². The summed E-state index contributed by atoms with van der Waals surface area (Å²) in [5.41, 5.74) is 2.59. The van der Waals surface area contributed by atoms with Gasteiger partial charge in [0.25, 0.3) is 0 Å².